The van der Waals surface area contributed by atoms with Crippen molar-refractivity contribution in [2.24, 2.45) is 0 Å². The Bertz CT molecular complexity index is 369. The summed E-state index contributed by atoms with van der Waals surface area (Å²) in [6.45, 7) is 2.24. The zero-order valence-electron chi connectivity index (χ0n) is 15.8. The lowest BCUT2D eigenvalue weighted by Gasteiger charge is -2.07. The molecule has 0 aromatic rings. The minimum absolute atomic E-state index is 0.266. The van der Waals surface area contributed by atoms with E-state index in [0.29, 0.717) is 0 Å². The van der Waals surface area contributed by atoms with Crippen LogP contribution in [0.15, 0.2) is 12.2 Å². The number of carboxylic acids is 1. The summed E-state index contributed by atoms with van der Waals surface area (Å²) in [6, 6.07) is 0. The second-order valence-electron chi connectivity index (χ2n) is 6.64. The molecule has 0 aliphatic carbocycles. The number of carbonyl (C=O) groups excluding carboxylic acids is 1. The Kier molecular flexibility index (Phi) is 16.5. The number of hydrogen-bond donors (Lipinski definition) is 3. The van der Waals surface area contributed by atoms with E-state index >= 15 is 0 Å². The van der Waals surface area contributed by atoms with Crippen LogP contribution in [0.1, 0.15) is 96.8 Å². The second-order valence-corrected chi connectivity index (χ2v) is 6.64. The van der Waals surface area contributed by atoms with Crippen LogP contribution in [0.3, 0.4) is 0 Å². The Morgan fingerprint density at radius 2 is 1.32 bits per heavy atom. The number of amides is 1. The van der Waals surface area contributed by atoms with Crippen molar-refractivity contribution in [1.82, 2.24) is 5.32 Å². The van der Waals surface area contributed by atoms with Gasteiger partial charge in [0, 0.05) is 6.42 Å². The van der Waals surface area contributed by atoms with Gasteiger partial charge in [-0.2, -0.15) is 0 Å². The van der Waals surface area contributed by atoms with Crippen LogP contribution in [0.25, 0.3) is 0 Å². The molecule has 146 valence electrons. The van der Waals surface area contributed by atoms with Crippen LogP contribution >= 0.6 is 0 Å². The van der Waals surface area contributed by atoms with Gasteiger partial charge in [-0.15, -0.1) is 0 Å². The maximum absolute atomic E-state index is 11.3. The van der Waals surface area contributed by atoms with Crippen LogP contribution in [-0.4, -0.2) is 28.3 Å². The first-order chi connectivity index (χ1) is 12.1. The highest BCUT2D eigenvalue weighted by Crippen LogP contribution is 2.09. The minimum atomic E-state index is -1.80. The predicted molar refractivity (Wildman–Crippen MR) is 101 cm³/mol. The molecule has 0 rings (SSSR count). The summed E-state index contributed by atoms with van der Waals surface area (Å²) in [7, 11) is 0. The van der Waals surface area contributed by atoms with Gasteiger partial charge in [-0.1, -0.05) is 70.4 Å². The number of aliphatic carboxylic acids is 1. The van der Waals surface area contributed by atoms with Crippen molar-refractivity contribution in [2.75, 3.05) is 0 Å². The molecule has 0 heterocycles. The molecule has 5 heteroatoms. The topological polar surface area (TPSA) is 86.6 Å². The maximum atomic E-state index is 11.3. The third-order valence-electron chi connectivity index (χ3n) is 4.20. The third kappa shape index (κ3) is 17.3. The highest BCUT2D eigenvalue weighted by atomic mass is 16.4. The summed E-state index contributed by atoms with van der Waals surface area (Å²) < 4.78 is 0. The van der Waals surface area contributed by atoms with Crippen molar-refractivity contribution in [1.29, 1.82) is 0 Å². The number of rotatable bonds is 17. The molecular formula is C20H37NO4. The first-order valence-electron chi connectivity index (χ1n) is 9.93. The first-order valence-corrected chi connectivity index (χ1v) is 9.93. The Balaban J connectivity index is 3.29. The third-order valence-corrected chi connectivity index (χ3v) is 4.20. The van der Waals surface area contributed by atoms with E-state index in [2.05, 4.69) is 19.1 Å². The quantitative estimate of drug-likeness (QED) is 0.203. The van der Waals surface area contributed by atoms with Crippen LogP contribution < -0.4 is 5.32 Å². The predicted octanol–water partition coefficient (Wildman–Crippen LogP) is 4.54. The lowest BCUT2D eigenvalue weighted by Crippen LogP contribution is -2.40. The zero-order valence-corrected chi connectivity index (χ0v) is 15.8. The van der Waals surface area contributed by atoms with Gasteiger partial charge >= 0.3 is 5.97 Å². The Morgan fingerprint density at radius 1 is 0.840 bits per heavy atom. The van der Waals surface area contributed by atoms with Crippen LogP contribution in [0.5, 0.6) is 0 Å². The average Bonchev–Trinajstić information content (AvgIpc) is 2.58. The Labute approximate surface area is 152 Å². The highest BCUT2D eigenvalue weighted by molar-refractivity contribution is 5.82. The molecule has 0 radical (unpaired) electrons. The molecule has 5 nitrogen and oxygen atoms in total. The van der Waals surface area contributed by atoms with E-state index in [-0.39, 0.29) is 6.42 Å². The van der Waals surface area contributed by atoms with Gasteiger partial charge in [-0.25, -0.2) is 4.79 Å². The molecule has 3 N–H and O–H groups in total. The number of aliphatic hydroxyl groups excluding tert-OH is 1. The average molecular weight is 356 g/mol. The van der Waals surface area contributed by atoms with Gasteiger partial charge in [-0.3, -0.25) is 4.79 Å². The molecule has 0 aliphatic rings. The molecule has 0 aromatic carbocycles. The van der Waals surface area contributed by atoms with Gasteiger partial charge in [-0.05, 0) is 32.1 Å². The van der Waals surface area contributed by atoms with Gasteiger partial charge in [0.2, 0.25) is 12.1 Å². The van der Waals surface area contributed by atoms with E-state index in [1.54, 1.807) is 0 Å². The van der Waals surface area contributed by atoms with Crippen molar-refractivity contribution in [2.45, 2.75) is 103 Å². The fourth-order valence-corrected chi connectivity index (χ4v) is 2.64. The van der Waals surface area contributed by atoms with Gasteiger partial charge in [0.1, 0.15) is 0 Å². The minimum Gasteiger partial charge on any atom is -0.478 e. The van der Waals surface area contributed by atoms with E-state index in [4.69, 9.17) is 10.2 Å². The van der Waals surface area contributed by atoms with Crippen molar-refractivity contribution in [3.05, 3.63) is 12.2 Å². The SMILES string of the molecule is CCCCCCCC/C=C\CCCCCCCC(=O)N[C@@H](O)C(=O)O. The second kappa shape index (κ2) is 17.5. The van der Waals surface area contributed by atoms with Crippen LogP contribution in [0.2, 0.25) is 0 Å². The fraction of sp³-hybridized carbons (Fsp3) is 0.800. The summed E-state index contributed by atoms with van der Waals surface area (Å²) in [6.07, 6.45) is 18.6. The first kappa shape index (κ1) is 23.6. The lowest BCUT2D eigenvalue weighted by atomic mass is 10.1. The monoisotopic (exact) mass is 355 g/mol. The van der Waals surface area contributed by atoms with E-state index in [0.717, 1.165) is 32.1 Å². The van der Waals surface area contributed by atoms with Crippen LogP contribution in [0, 0.1) is 0 Å². The molecule has 0 aromatic heterocycles. The standard InChI is InChI=1S/C20H37NO4/c1-2-3-4-5-6-7-8-9-10-11-12-13-14-15-16-17-18(22)21-19(23)20(24)25/h9-10,19,23H,2-8,11-17H2,1H3,(H,21,22)(H,24,25)/b10-9-/t19-/m0/s1. The summed E-state index contributed by atoms with van der Waals surface area (Å²) in [5, 5.41) is 19.5. The maximum Gasteiger partial charge on any atom is 0.353 e. The van der Waals surface area contributed by atoms with Crippen LogP contribution in [0.4, 0.5) is 0 Å². The number of nitrogens with one attached hydrogen (secondary N) is 1. The summed E-state index contributed by atoms with van der Waals surface area (Å²) in [5.41, 5.74) is 0. The van der Waals surface area contributed by atoms with Gasteiger partial charge < -0.3 is 15.5 Å². The fourth-order valence-electron chi connectivity index (χ4n) is 2.64. The van der Waals surface area contributed by atoms with E-state index in [1.807, 2.05) is 5.32 Å². The molecule has 0 fully saturated rings. The largest absolute Gasteiger partial charge is 0.478 e. The van der Waals surface area contributed by atoms with Gasteiger partial charge in [0.05, 0.1) is 0 Å². The summed E-state index contributed by atoms with van der Waals surface area (Å²) in [5.74, 6) is -1.84. The number of aliphatic hydroxyl groups is 1. The van der Waals surface area contributed by atoms with Crippen molar-refractivity contribution in [3.8, 4) is 0 Å². The molecule has 1 atom stereocenters. The molecule has 0 saturated heterocycles. The van der Waals surface area contributed by atoms with Gasteiger partial charge in [0.25, 0.3) is 0 Å². The molecule has 25 heavy (non-hydrogen) atoms. The summed E-state index contributed by atoms with van der Waals surface area (Å²) in [4.78, 5) is 21.7. The van der Waals surface area contributed by atoms with E-state index in [1.165, 1.54) is 51.4 Å². The lowest BCUT2D eigenvalue weighted by molar-refractivity contribution is -0.151. The number of hydrogen-bond acceptors (Lipinski definition) is 3. The smallest absolute Gasteiger partial charge is 0.353 e. The van der Waals surface area contributed by atoms with Crippen molar-refractivity contribution >= 4 is 11.9 Å². The van der Waals surface area contributed by atoms with Gasteiger partial charge in [0.15, 0.2) is 0 Å². The van der Waals surface area contributed by atoms with E-state index in [9.17, 15) is 9.59 Å². The Hall–Kier alpha value is -1.36. The Morgan fingerprint density at radius 3 is 1.84 bits per heavy atom. The molecular weight excluding hydrogens is 318 g/mol. The number of unbranched alkanes of at least 4 members (excludes halogenated alkanes) is 11. The molecule has 0 unspecified atom stereocenters. The molecule has 0 saturated carbocycles. The highest BCUT2D eigenvalue weighted by Gasteiger charge is 2.15. The van der Waals surface area contributed by atoms with E-state index < -0.39 is 18.1 Å². The number of carboxylic acid groups (broad SMARTS) is 1. The van der Waals surface area contributed by atoms with Crippen LogP contribution in [-0.2, 0) is 9.59 Å². The normalized spacial score (nSPS) is 12.4. The molecule has 0 aliphatic heterocycles. The molecule has 0 spiro atoms. The number of carbonyl (C=O) groups is 2. The molecule has 0 bridgehead atoms. The number of allylic oxidation sites excluding steroid dienone is 2. The van der Waals surface area contributed by atoms with Crippen molar-refractivity contribution in [3.63, 3.8) is 0 Å². The summed E-state index contributed by atoms with van der Waals surface area (Å²) >= 11 is 0. The zero-order chi connectivity index (χ0) is 18.8. The molecule has 1 amide bonds. The van der Waals surface area contributed by atoms with Crippen molar-refractivity contribution < 1.29 is 19.8 Å².